The predicted molar refractivity (Wildman–Crippen MR) is 121 cm³/mol. The first-order valence-electron chi connectivity index (χ1n) is 9.62. The summed E-state index contributed by atoms with van der Waals surface area (Å²) in [6.45, 7) is 3.12. The van der Waals surface area contributed by atoms with Gasteiger partial charge in [0.25, 0.3) is 0 Å². The third-order valence-electron chi connectivity index (χ3n) is 5.93. The number of piperidine rings is 1. The molecule has 3 aromatic heterocycles. The fraction of sp³-hybridized carbons (Fsp3) is 0.429. The van der Waals surface area contributed by atoms with Gasteiger partial charge in [0.05, 0.1) is 35.3 Å². The van der Waals surface area contributed by atoms with Crippen LogP contribution in [0.3, 0.4) is 0 Å². The van der Waals surface area contributed by atoms with Crippen LogP contribution < -0.4 is 5.32 Å². The molecule has 0 bridgehead atoms. The highest BCUT2D eigenvalue weighted by Crippen LogP contribution is 2.41. The van der Waals surface area contributed by atoms with Crippen molar-refractivity contribution in [2.75, 3.05) is 19.7 Å². The molecular weight excluding hydrogens is 431 g/mol. The second-order valence-corrected chi connectivity index (χ2v) is 8.26. The first kappa shape index (κ1) is 22.3. The lowest BCUT2D eigenvalue weighted by Gasteiger charge is -2.32. The first-order valence-corrected chi connectivity index (χ1v) is 10.00. The molecule has 1 N–H and O–H groups in total. The summed E-state index contributed by atoms with van der Waals surface area (Å²) < 4.78 is 8.15. The van der Waals surface area contributed by atoms with Crippen LogP contribution in [0.15, 0.2) is 42.7 Å². The molecule has 5 rings (SSSR count). The molecule has 1 atom stereocenters. The number of aromatic nitrogens is 3. The maximum absolute atomic E-state index is 6.16. The Labute approximate surface area is 188 Å². The van der Waals surface area contributed by atoms with Gasteiger partial charge in [-0.05, 0) is 62.0 Å². The van der Waals surface area contributed by atoms with Crippen molar-refractivity contribution < 1.29 is 4.74 Å². The number of hydrogen-bond acceptors (Lipinski definition) is 4. The normalized spacial score (nSPS) is 20.4. The smallest absolute Gasteiger partial charge is 0.137 e. The Morgan fingerprint density at radius 3 is 2.83 bits per heavy atom. The monoisotopic (exact) mass is 454 g/mol. The zero-order valence-corrected chi connectivity index (χ0v) is 18.4. The average molecular weight is 456 g/mol. The molecule has 2 aliphatic heterocycles. The largest absolute Gasteiger partial charge is 0.377 e. The number of imidazole rings is 1. The van der Waals surface area contributed by atoms with Crippen LogP contribution in [0.2, 0.25) is 5.02 Å². The van der Waals surface area contributed by atoms with E-state index in [4.69, 9.17) is 21.3 Å². The van der Waals surface area contributed by atoms with Crippen molar-refractivity contribution in [3.63, 3.8) is 0 Å². The molecule has 1 spiro atoms. The lowest BCUT2D eigenvalue weighted by atomic mass is 9.77. The molecule has 5 heterocycles. The van der Waals surface area contributed by atoms with Crippen LogP contribution in [0.25, 0.3) is 17.0 Å². The molecule has 1 unspecified atom stereocenters. The Kier molecular flexibility index (Phi) is 7.07. The zero-order valence-electron chi connectivity index (χ0n) is 16.0. The average Bonchev–Trinajstić information content (AvgIpc) is 3.27. The summed E-state index contributed by atoms with van der Waals surface area (Å²) in [5, 5.41) is 4.14. The van der Waals surface area contributed by atoms with E-state index in [-0.39, 0.29) is 30.9 Å². The summed E-state index contributed by atoms with van der Waals surface area (Å²) in [5.74, 6) is 0. The van der Waals surface area contributed by atoms with Gasteiger partial charge in [0, 0.05) is 18.3 Å². The van der Waals surface area contributed by atoms with Gasteiger partial charge in [-0.15, -0.1) is 24.8 Å². The van der Waals surface area contributed by atoms with Gasteiger partial charge in [-0.2, -0.15) is 0 Å². The Morgan fingerprint density at radius 1 is 1.17 bits per heavy atom. The topological polar surface area (TPSA) is 51.5 Å². The van der Waals surface area contributed by atoms with Crippen molar-refractivity contribution in [1.82, 2.24) is 19.7 Å². The summed E-state index contributed by atoms with van der Waals surface area (Å²) in [4.78, 5) is 9.36. The minimum absolute atomic E-state index is 0. The van der Waals surface area contributed by atoms with Crippen LogP contribution >= 0.6 is 36.4 Å². The Morgan fingerprint density at radius 2 is 2.00 bits per heavy atom. The van der Waals surface area contributed by atoms with Crippen LogP contribution in [0.4, 0.5) is 0 Å². The minimum Gasteiger partial charge on any atom is -0.377 e. The number of pyridine rings is 2. The predicted octanol–water partition coefficient (Wildman–Crippen LogP) is 4.59. The van der Waals surface area contributed by atoms with Crippen molar-refractivity contribution in [2.24, 2.45) is 5.41 Å². The highest BCUT2D eigenvalue weighted by Gasteiger charge is 2.40. The van der Waals surface area contributed by atoms with Gasteiger partial charge in [0.1, 0.15) is 5.65 Å². The van der Waals surface area contributed by atoms with Crippen LogP contribution in [0, 0.1) is 5.41 Å². The van der Waals surface area contributed by atoms with Gasteiger partial charge < -0.3 is 10.1 Å². The molecule has 2 fully saturated rings. The van der Waals surface area contributed by atoms with Crippen molar-refractivity contribution in [3.8, 4) is 11.4 Å². The van der Waals surface area contributed by atoms with Crippen LogP contribution in [0.1, 0.15) is 25.0 Å². The molecule has 156 valence electrons. The second kappa shape index (κ2) is 9.19. The molecular formula is C21H25Cl3N4O. The third-order valence-corrected chi connectivity index (χ3v) is 6.15. The quantitative estimate of drug-likeness (QED) is 0.627. The van der Waals surface area contributed by atoms with Gasteiger partial charge >= 0.3 is 0 Å². The minimum atomic E-state index is 0. The molecule has 0 aliphatic carbocycles. The van der Waals surface area contributed by atoms with Gasteiger partial charge in [0.2, 0.25) is 0 Å². The summed E-state index contributed by atoms with van der Waals surface area (Å²) in [6.07, 6.45) is 8.45. The number of halogens is 3. The highest BCUT2D eigenvalue weighted by molar-refractivity contribution is 6.30. The first-order chi connectivity index (χ1) is 13.2. The van der Waals surface area contributed by atoms with Crippen molar-refractivity contribution in [3.05, 3.63) is 53.4 Å². The fourth-order valence-corrected chi connectivity index (χ4v) is 4.61. The van der Waals surface area contributed by atoms with Gasteiger partial charge in [0.15, 0.2) is 0 Å². The van der Waals surface area contributed by atoms with Crippen LogP contribution in [0.5, 0.6) is 0 Å². The Hall–Kier alpha value is -1.37. The van der Waals surface area contributed by atoms with E-state index in [9.17, 15) is 0 Å². The van der Waals surface area contributed by atoms with Crippen molar-refractivity contribution >= 4 is 42.1 Å². The molecule has 0 aromatic carbocycles. The third kappa shape index (κ3) is 4.54. The van der Waals surface area contributed by atoms with E-state index in [2.05, 4.69) is 22.4 Å². The number of ether oxygens (including phenoxy) is 1. The van der Waals surface area contributed by atoms with Gasteiger partial charge in [-0.25, -0.2) is 4.98 Å². The number of nitrogens with one attached hydrogen (secondary N) is 1. The number of hydrogen-bond donors (Lipinski definition) is 1. The van der Waals surface area contributed by atoms with Gasteiger partial charge in [-0.1, -0.05) is 17.7 Å². The van der Waals surface area contributed by atoms with Crippen molar-refractivity contribution in [1.29, 1.82) is 0 Å². The number of rotatable bonds is 3. The lowest BCUT2D eigenvalue weighted by molar-refractivity contribution is 0.0863. The molecule has 0 saturated carbocycles. The van der Waals surface area contributed by atoms with Crippen LogP contribution in [-0.2, 0) is 11.2 Å². The van der Waals surface area contributed by atoms with Crippen LogP contribution in [-0.4, -0.2) is 40.2 Å². The van der Waals surface area contributed by atoms with E-state index in [1.165, 1.54) is 12.8 Å². The number of nitrogens with zero attached hydrogens (tertiary/aromatic N) is 3. The van der Waals surface area contributed by atoms with E-state index in [1.54, 1.807) is 0 Å². The maximum Gasteiger partial charge on any atom is 0.137 e. The fourth-order valence-electron chi connectivity index (χ4n) is 4.45. The van der Waals surface area contributed by atoms with E-state index < -0.39 is 0 Å². The molecule has 3 aromatic rings. The van der Waals surface area contributed by atoms with E-state index in [0.717, 1.165) is 55.3 Å². The summed E-state index contributed by atoms with van der Waals surface area (Å²) in [5.41, 5.74) is 4.19. The van der Waals surface area contributed by atoms with Gasteiger partial charge in [-0.3, -0.25) is 9.38 Å². The molecule has 2 aliphatic rings. The molecule has 5 nitrogen and oxygen atoms in total. The second-order valence-electron chi connectivity index (χ2n) is 7.82. The Balaban J connectivity index is 0.00000120. The van der Waals surface area contributed by atoms with E-state index in [0.29, 0.717) is 10.4 Å². The summed E-state index contributed by atoms with van der Waals surface area (Å²) in [6, 6.07) is 9.96. The molecule has 2 saturated heterocycles. The highest BCUT2D eigenvalue weighted by atomic mass is 35.5. The summed E-state index contributed by atoms with van der Waals surface area (Å²) >= 11 is 6.16. The number of fused-ring (bicyclic) bond motifs is 1. The zero-order chi connectivity index (χ0) is 18.3. The van der Waals surface area contributed by atoms with E-state index >= 15 is 0 Å². The molecule has 29 heavy (non-hydrogen) atoms. The Bertz CT molecular complexity index is 971. The standard InChI is InChI=1S/C21H23ClN4O.2ClH/c22-15-4-5-20-24-12-19(26(20)13-15)18-3-1-2-16(25-18)10-17-11-21(14-27-17)6-8-23-9-7-21;;/h1-5,12-13,17,23H,6-11,14H2;2*1H. The maximum atomic E-state index is 6.16. The lowest BCUT2D eigenvalue weighted by Crippen LogP contribution is -2.37. The molecule has 8 heteroatoms. The molecule has 0 radical (unpaired) electrons. The summed E-state index contributed by atoms with van der Waals surface area (Å²) in [7, 11) is 0. The SMILES string of the molecule is Cl.Cl.Clc1ccc2ncc(-c3cccc(CC4CC5(CCNCC5)CO4)n3)n2c1. The molecule has 0 amide bonds. The van der Waals surface area contributed by atoms with E-state index in [1.807, 2.05) is 35.0 Å². The van der Waals surface area contributed by atoms with Crippen molar-refractivity contribution in [2.45, 2.75) is 31.8 Å².